The van der Waals surface area contributed by atoms with Crippen LogP contribution in [0.3, 0.4) is 0 Å². The van der Waals surface area contributed by atoms with Crippen molar-refractivity contribution in [2.24, 2.45) is 0 Å². The fourth-order valence-electron chi connectivity index (χ4n) is 1.30. The van der Waals surface area contributed by atoms with Crippen molar-refractivity contribution in [1.29, 1.82) is 0 Å². The molecule has 1 N–H and O–H groups in total. The second-order valence-corrected chi connectivity index (χ2v) is 2.77. The van der Waals surface area contributed by atoms with E-state index in [-0.39, 0.29) is 6.61 Å². The molecule has 1 aromatic rings. The van der Waals surface area contributed by atoms with Crippen LogP contribution in [-0.4, -0.2) is 19.3 Å². The van der Waals surface area contributed by atoms with Crippen LogP contribution in [0.2, 0.25) is 0 Å². The van der Waals surface area contributed by atoms with E-state index in [0.717, 1.165) is 11.1 Å². The fraction of sp³-hybridized carbons (Fsp3) is 0.400. The molecule has 0 unspecified atom stereocenters. The van der Waals surface area contributed by atoms with Crippen LogP contribution in [0.15, 0.2) is 12.1 Å². The molecule has 1 aromatic carbocycles. The first-order valence-corrected chi connectivity index (χ1v) is 4.06. The van der Waals surface area contributed by atoms with Gasteiger partial charge in [0.15, 0.2) is 11.5 Å². The minimum absolute atomic E-state index is 0.0419. The highest BCUT2D eigenvalue weighted by atomic mass is 16.5. The topological polar surface area (TPSA) is 38.7 Å². The van der Waals surface area contributed by atoms with Gasteiger partial charge in [0.25, 0.3) is 0 Å². The molecule has 3 nitrogen and oxygen atoms in total. The molecule has 0 aliphatic carbocycles. The van der Waals surface area contributed by atoms with Gasteiger partial charge in [-0.1, -0.05) is 12.1 Å². The molecule has 3 heteroatoms. The van der Waals surface area contributed by atoms with E-state index < -0.39 is 0 Å². The van der Waals surface area contributed by atoms with Crippen LogP contribution in [-0.2, 0) is 6.61 Å². The standard InChI is InChI=1S/C10H14O3/c1-7-4-5-8(6-11)10(13-3)9(7)12-2/h4-5,11H,6H2,1-3H3. The number of aliphatic hydroxyl groups excluding tert-OH is 1. The van der Waals surface area contributed by atoms with Gasteiger partial charge in [-0.25, -0.2) is 0 Å². The van der Waals surface area contributed by atoms with Crippen LogP contribution >= 0.6 is 0 Å². The largest absolute Gasteiger partial charge is 0.493 e. The zero-order chi connectivity index (χ0) is 9.84. The van der Waals surface area contributed by atoms with Crippen LogP contribution in [0.5, 0.6) is 11.5 Å². The Labute approximate surface area is 77.9 Å². The predicted octanol–water partition coefficient (Wildman–Crippen LogP) is 1.50. The third-order valence-corrected chi connectivity index (χ3v) is 1.97. The van der Waals surface area contributed by atoms with Gasteiger partial charge in [-0.3, -0.25) is 0 Å². The van der Waals surface area contributed by atoms with Gasteiger partial charge in [0.1, 0.15) is 0 Å². The first-order valence-electron chi connectivity index (χ1n) is 4.06. The Bertz CT molecular complexity index is 294. The molecule has 0 amide bonds. The second-order valence-electron chi connectivity index (χ2n) is 2.77. The summed E-state index contributed by atoms with van der Waals surface area (Å²) in [7, 11) is 3.16. The van der Waals surface area contributed by atoms with E-state index in [2.05, 4.69) is 0 Å². The van der Waals surface area contributed by atoms with Crippen molar-refractivity contribution in [2.45, 2.75) is 13.5 Å². The summed E-state index contributed by atoms with van der Waals surface area (Å²) in [5.41, 5.74) is 1.74. The quantitative estimate of drug-likeness (QED) is 0.770. The minimum atomic E-state index is -0.0419. The molecule has 0 heterocycles. The highest BCUT2D eigenvalue weighted by Crippen LogP contribution is 2.33. The van der Waals surface area contributed by atoms with Gasteiger partial charge in [-0.05, 0) is 12.5 Å². The number of rotatable bonds is 3. The van der Waals surface area contributed by atoms with Gasteiger partial charge in [-0.2, -0.15) is 0 Å². The van der Waals surface area contributed by atoms with Gasteiger partial charge < -0.3 is 14.6 Å². The zero-order valence-corrected chi connectivity index (χ0v) is 8.13. The van der Waals surface area contributed by atoms with Crippen LogP contribution in [0.1, 0.15) is 11.1 Å². The molecule has 1 rings (SSSR count). The summed E-state index contributed by atoms with van der Waals surface area (Å²) in [5.74, 6) is 1.30. The third-order valence-electron chi connectivity index (χ3n) is 1.97. The first-order chi connectivity index (χ1) is 6.24. The van der Waals surface area contributed by atoms with Crippen molar-refractivity contribution in [2.75, 3.05) is 14.2 Å². The van der Waals surface area contributed by atoms with E-state index in [1.54, 1.807) is 14.2 Å². The number of hydrogen-bond acceptors (Lipinski definition) is 3. The molecule has 0 radical (unpaired) electrons. The number of methoxy groups -OCH3 is 2. The highest BCUT2D eigenvalue weighted by molar-refractivity contribution is 5.51. The maximum atomic E-state index is 9.02. The molecular weight excluding hydrogens is 168 g/mol. The average molecular weight is 182 g/mol. The molecular formula is C10H14O3. The fourth-order valence-corrected chi connectivity index (χ4v) is 1.30. The molecule has 0 saturated heterocycles. The summed E-state index contributed by atoms with van der Waals surface area (Å²) >= 11 is 0. The zero-order valence-electron chi connectivity index (χ0n) is 8.13. The summed E-state index contributed by atoms with van der Waals surface area (Å²) < 4.78 is 10.3. The third kappa shape index (κ3) is 1.75. The molecule has 0 saturated carbocycles. The van der Waals surface area contributed by atoms with Crippen molar-refractivity contribution in [1.82, 2.24) is 0 Å². The van der Waals surface area contributed by atoms with Crippen molar-refractivity contribution < 1.29 is 14.6 Å². The lowest BCUT2D eigenvalue weighted by atomic mass is 10.1. The predicted molar refractivity (Wildman–Crippen MR) is 50.2 cm³/mol. The summed E-state index contributed by atoms with van der Waals surface area (Å²) in [6, 6.07) is 3.73. The normalized spacial score (nSPS) is 9.85. The van der Waals surface area contributed by atoms with Gasteiger partial charge >= 0.3 is 0 Å². The molecule has 0 fully saturated rings. The van der Waals surface area contributed by atoms with Crippen LogP contribution in [0.4, 0.5) is 0 Å². The molecule has 13 heavy (non-hydrogen) atoms. The van der Waals surface area contributed by atoms with Crippen molar-refractivity contribution in [3.05, 3.63) is 23.3 Å². The lowest BCUT2D eigenvalue weighted by Crippen LogP contribution is -1.97. The summed E-state index contributed by atoms with van der Waals surface area (Å²) in [6.07, 6.45) is 0. The number of benzene rings is 1. The molecule has 72 valence electrons. The smallest absolute Gasteiger partial charge is 0.166 e. The lowest BCUT2D eigenvalue weighted by molar-refractivity contribution is 0.269. The molecule has 0 aliphatic rings. The SMILES string of the molecule is COc1c(C)ccc(CO)c1OC. The van der Waals surface area contributed by atoms with Gasteiger partial charge in [-0.15, -0.1) is 0 Å². The van der Waals surface area contributed by atoms with Gasteiger partial charge in [0.05, 0.1) is 20.8 Å². The Hall–Kier alpha value is -1.22. The van der Waals surface area contributed by atoms with Crippen molar-refractivity contribution in [3.8, 4) is 11.5 Å². The Morgan fingerprint density at radius 2 is 1.77 bits per heavy atom. The second kappa shape index (κ2) is 4.14. The Balaban J connectivity index is 3.27. The Kier molecular flexibility index (Phi) is 3.14. The van der Waals surface area contributed by atoms with E-state index in [9.17, 15) is 0 Å². The Morgan fingerprint density at radius 3 is 2.23 bits per heavy atom. The first kappa shape index (κ1) is 9.86. The maximum absolute atomic E-state index is 9.02. The van der Waals surface area contributed by atoms with E-state index in [1.165, 1.54) is 0 Å². The number of aryl methyl sites for hydroxylation is 1. The molecule has 0 aliphatic heterocycles. The van der Waals surface area contributed by atoms with Crippen molar-refractivity contribution >= 4 is 0 Å². The van der Waals surface area contributed by atoms with E-state index in [0.29, 0.717) is 11.5 Å². The number of ether oxygens (including phenoxy) is 2. The molecule has 0 aromatic heterocycles. The lowest BCUT2D eigenvalue weighted by Gasteiger charge is -2.13. The summed E-state index contributed by atoms with van der Waals surface area (Å²) in [5, 5.41) is 9.02. The monoisotopic (exact) mass is 182 g/mol. The van der Waals surface area contributed by atoms with Gasteiger partial charge in [0.2, 0.25) is 0 Å². The summed E-state index contributed by atoms with van der Waals surface area (Å²) in [6.45, 7) is 1.89. The van der Waals surface area contributed by atoms with E-state index in [1.807, 2.05) is 19.1 Å². The number of aliphatic hydroxyl groups is 1. The number of hydrogen-bond donors (Lipinski definition) is 1. The summed E-state index contributed by atoms with van der Waals surface area (Å²) in [4.78, 5) is 0. The maximum Gasteiger partial charge on any atom is 0.166 e. The highest BCUT2D eigenvalue weighted by Gasteiger charge is 2.11. The van der Waals surface area contributed by atoms with E-state index >= 15 is 0 Å². The van der Waals surface area contributed by atoms with Crippen LogP contribution < -0.4 is 9.47 Å². The van der Waals surface area contributed by atoms with Gasteiger partial charge in [0, 0.05) is 5.56 Å². The van der Waals surface area contributed by atoms with Crippen molar-refractivity contribution in [3.63, 3.8) is 0 Å². The van der Waals surface area contributed by atoms with Crippen LogP contribution in [0, 0.1) is 6.92 Å². The molecule has 0 spiro atoms. The average Bonchev–Trinajstić information content (AvgIpc) is 2.17. The molecule has 0 atom stereocenters. The Morgan fingerprint density at radius 1 is 1.15 bits per heavy atom. The van der Waals surface area contributed by atoms with Crippen LogP contribution in [0.25, 0.3) is 0 Å². The molecule has 0 bridgehead atoms. The minimum Gasteiger partial charge on any atom is -0.493 e. The van der Waals surface area contributed by atoms with E-state index in [4.69, 9.17) is 14.6 Å².